The lowest BCUT2D eigenvalue weighted by molar-refractivity contribution is -0.151. The molecule has 2 N–H and O–H groups in total. The minimum Gasteiger partial charge on any atom is -0.481 e. The Kier molecular flexibility index (Phi) is 9.09. The van der Waals surface area contributed by atoms with Gasteiger partial charge in [-0.2, -0.15) is 0 Å². The van der Waals surface area contributed by atoms with Gasteiger partial charge < -0.3 is 19.7 Å². The lowest BCUT2D eigenvalue weighted by Crippen LogP contribution is -2.27. The summed E-state index contributed by atoms with van der Waals surface area (Å²) in [6.45, 7) is 0. The highest BCUT2D eigenvalue weighted by atomic mass is 16.5. The predicted molar refractivity (Wildman–Crippen MR) is 90.2 cm³/mol. The number of carbonyl (C=O) groups is 4. The fourth-order valence-corrected chi connectivity index (χ4v) is 3.59. The van der Waals surface area contributed by atoms with Gasteiger partial charge in [0.05, 0.1) is 37.9 Å². The lowest BCUT2D eigenvalue weighted by Gasteiger charge is -2.24. The van der Waals surface area contributed by atoms with Gasteiger partial charge in [-0.25, -0.2) is 0 Å². The molecule has 0 heterocycles. The smallest absolute Gasteiger partial charge is 0.308 e. The fraction of sp³-hybridized carbons (Fsp3) is 0.778. The molecule has 0 aliphatic heterocycles. The van der Waals surface area contributed by atoms with Crippen LogP contribution in [-0.2, 0) is 28.7 Å². The maximum atomic E-state index is 11.1. The second-order valence-corrected chi connectivity index (χ2v) is 6.84. The van der Waals surface area contributed by atoms with E-state index in [1.807, 2.05) is 0 Å². The Balaban J connectivity index is 0.000000260. The number of aliphatic carboxylic acids is 2. The van der Waals surface area contributed by atoms with Crippen molar-refractivity contribution in [1.29, 1.82) is 0 Å². The molecule has 2 aliphatic carbocycles. The lowest BCUT2D eigenvalue weighted by atomic mass is 9.81. The summed E-state index contributed by atoms with van der Waals surface area (Å²) in [7, 11) is 2.68. The van der Waals surface area contributed by atoms with Crippen LogP contribution in [0.4, 0.5) is 0 Å². The maximum absolute atomic E-state index is 11.1. The van der Waals surface area contributed by atoms with Crippen LogP contribution in [0, 0.1) is 23.7 Å². The van der Waals surface area contributed by atoms with Crippen molar-refractivity contribution in [2.75, 3.05) is 14.2 Å². The number of rotatable bonds is 4. The molecule has 0 aromatic heterocycles. The van der Waals surface area contributed by atoms with Gasteiger partial charge in [-0.3, -0.25) is 19.2 Å². The standard InChI is InChI=1S/2C9H14O4/c2*1-13-9(12)7-4-2-3-6(5-7)8(10)11/h2*6-7H,2-5H2,1H3,(H,10,11). The fourth-order valence-electron chi connectivity index (χ4n) is 3.59. The topological polar surface area (TPSA) is 127 Å². The molecule has 2 rings (SSSR count). The molecule has 0 saturated heterocycles. The predicted octanol–water partition coefficient (Wildman–Crippen LogP) is 2.10. The minimum atomic E-state index is -0.798. The second-order valence-electron chi connectivity index (χ2n) is 6.84. The van der Waals surface area contributed by atoms with E-state index >= 15 is 0 Å². The molecular weight excluding hydrogens is 344 g/mol. The Morgan fingerprint density at radius 2 is 0.962 bits per heavy atom. The number of hydrogen-bond acceptors (Lipinski definition) is 6. The Hall–Kier alpha value is -2.12. The molecule has 0 bridgehead atoms. The zero-order chi connectivity index (χ0) is 19.7. The summed E-state index contributed by atoms with van der Waals surface area (Å²) < 4.78 is 9.17. The highest BCUT2D eigenvalue weighted by molar-refractivity contribution is 5.76. The summed E-state index contributed by atoms with van der Waals surface area (Å²) in [5.74, 6) is -3.28. The molecular formula is C18H28O8. The molecule has 4 unspecified atom stereocenters. The molecule has 0 aromatic carbocycles. The number of methoxy groups -OCH3 is 2. The molecule has 148 valence electrons. The van der Waals surface area contributed by atoms with Crippen LogP contribution in [0.25, 0.3) is 0 Å². The third-order valence-electron chi connectivity index (χ3n) is 5.12. The van der Waals surface area contributed by atoms with Gasteiger partial charge in [-0.15, -0.1) is 0 Å². The van der Waals surface area contributed by atoms with Crippen LogP contribution in [0.2, 0.25) is 0 Å². The van der Waals surface area contributed by atoms with Gasteiger partial charge in [-0.05, 0) is 38.5 Å². The highest BCUT2D eigenvalue weighted by Crippen LogP contribution is 2.30. The van der Waals surface area contributed by atoms with Crippen LogP contribution in [-0.4, -0.2) is 48.3 Å². The summed E-state index contributed by atoms with van der Waals surface area (Å²) in [4.78, 5) is 43.6. The van der Waals surface area contributed by atoms with Gasteiger partial charge in [0.2, 0.25) is 0 Å². The number of hydrogen-bond donors (Lipinski definition) is 2. The van der Waals surface area contributed by atoms with Gasteiger partial charge >= 0.3 is 23.9 Å². The van der Waals surface area contributed by atoms with Gasteiger partial charge in [-0.1, -0.05) is 12.8 Å². The van der Waals surface area contributed by atoms with Gasteiger partial charge in [0.15, 0.2) is 0 Å². The molecule has 2 saturated carbocycles. The summed E-state index contributed by atoms with van der Waals surface area (Å²) in [5, 5.41) is 17.5. The van der Waals surface area contributed by atoms with E-state index in [1.165, 1.54) is 14.2 Å². The van der Waals surface area contributed by atoms with E-state index in [9.17, 15) is 19.2 Å². The van der Waals surface area contributed by atoms with Gasteiger partial charge in [0.1, 0.15) is 0 Å². The number of esters is 2. The van der Waals surface area contributed by atoms with Crippen LogP contribution in [0.3, 0.4) is 0 Å². The van der Waals surface area contributed by atoms with Crippen molar-refractivity contribution in [3.05, 3.63) is 0 Å². The van der Waals surface area contributed by atoms with E-state index in [0.717, 1.165) is 25.7 Å². The average molecular weight is 372 g/mol. The van der Waals surface area contributed by atoms with E-state index in [-0.39, 0.29) is 35.6 Å². The van der Waals surface area contributed by atoms with Crippen molar-refractivity contribution in [2.45, 2.75) is 51.4 Å². The van der Waals surface area contributed by atoms with Crippen LogP contribution in [0.5, 0.6) is 0 Å². The molecule has 0 amide bonds. The summed E-state index contributed by atoms with van der Waals surface area (Å²) in [6.07, 6.45) is 5.36. The first kappa shape index (κ1) is 21.9. The van der Waals surface area contributed by atoms with E-state index in [2.05, 4.69) is 9.47 Å². The molecule has 0 aromatic rings. The van der Waals surface area contributed by atoms with E-state index in [0.29, 0.717) is 25.7 Å². The summed E-state index contributed by atoms with van der Waals surface area (Å²) >= 11 is 0. The molecule has 2 fully saturated rings. The molecule has 8 nitrogen and oxygen atoms in total. The van der Waals surface area contributed by atoms with Crippen molar-refractivity contribution in [3.63, 3.8) is 0 Å². The van der Waals surface area contributed by atoms with E-state index in [4.69, 9.17) is 10.2 Å². The van der Waals surface area contributed by atoms with Crippen LogP contribution >= 0.6 is 0 Å². The molecule has 4 atom stereocenters. The molecule has 0 radical (unpaired) electrons. The van der Waals surface area contributed by atoms with Crippen molar-refractivity contribution >= 4 is 23.9 Å². The highest BCUT2D eigenvalue weighted by Gasteiger charge is 2.32. The summed E-state index contributed by atoms with van der Waals surface area (Å²) in [6, 6.07) is 0. The maximum Gasteiger partial charge on any atom is 0.308 e. The molecule has 0 spiro atoms. The normalized spacial score (nSPS) is 28.1. The van der Waals surface area contributed by atoms with Crippen molar-refractivity contribution in [1.82, 2.24) is 0 Å². The largest absolute Gasteiger partial charge is 0.481 e. The van der Waals surface area contributed by atoms with E-state index < -0.39 is 11.9 Å². The van der Waals surface area contributed by atoms with Crippen molar-refractivity contribution in [2.24, 2.45) is 23.7 Å². The number of carbonyl (C=O) groups excluding carboxylic acids is 2. The Labute approximate surface area is 152 Å². The minimum absolute atomic E-state index is 0.208. The third-order valence-corrected chi connectivity index (χ3v) is 5.12. The van der Waals surface area contributed by atoms with Crippen LogP contribution in [0.15, 0.2) is 0 Å². The van der Waals surface area contributed by atoms with Crippen molar-refractivity contribution < 1.29 is 38.9 Å². The number of carboxylic acids is 2. The first-order chi connectivity index (χ1) is 12.3. The van der Waals surface area contributed by atoms with E-state index in [1.54, 1.807) is 0 Å². The van der Waals surface area contributed by atoms with Crippen LogP contribution < -0.4 is 0 Å². The molecule has 26 heavy (non-hydrogen) atoms. The first-order valence-electron chi connectivity index (χ1n) is 8.91. The molecule has 2 aliphatic rings. The third kappa shape index (κ3) is 6.65. The van der Waals surface area contributed by atoms with Crippen molar-refractivity contribution in [3.8, 4) is 0 Å². The quantitative estimate of drug-likeness (QED) is 0.718. The average Bonchev–Trinajstić information content (AvgIpc) is 2.67. The Bertz CT molecular complexity index is 469. The first-order valence-corrected chi connectivity index (χ1v) is 8.91. The summed E-state index contributed by atoms with van der Waals surface area (Å²) in [5.41, 5.74) is 0. The van der Waals surface area contributed by atoms with Gasteiger partial charge in [0, 0.05) is 0 Å². The molecule has 8 heteroatoms. The monoisotopic (exact) mass is 372 g/mol. The zero-order valence-electron chi connectivity index (χ0n) is 15.3. The number of ether oxygens (including phenoxy) is 2. The van der Waals surface area contributed by atoms with Crippen LogP contribution in [0.1, 0.15) is 51.4 Å². The Morgan fingerprint density at radius 1 is 0.654 bits per heavy atom. The number of carboxylic acid groups (broad SMARTS) is 2. The second kappa shape index (κ2) is 10.8. The Morgan fingerprint density at radius 3 is 1.23 bits per heavy atom. The van der Waals surface area contributed by atoms with Gasteiger partial charge in [0.25, 0.3) is 0 Å². The SMILES string of the molecule is COC(=O)C1CCCC(C(=O)O)C1.COC(=O)C1CCCC(C(=O)O)C1. The zero-order valence-corrected chi connectivity index (χ0v) is 15.3.